The van der Waals surface area contributed by atoms with E-state index in [1.165, 1.54) is 12.1 Å². The molecule has 0 aliphatic carbocycles. The number of hydrogen-bond acceptors (Lipinski definition) is 19. The average Bonchev–Trinajstić information content (AvgIpc) is 2.56. The molecule has 3 heterocycles. The van der Waals surface area contributed by atoms with Crippen LogP contribution in [0.4, 0.5) is 15.9 Å². The molecule has 0 spiro atoms. The summed E-state index contributed by atoms with van der Waals surface area (Å²) in [5.74, 6) is -2.79. The number of carboxylic acid groups (broad SMARTS) is 3. The van der Waals surface area contributed by atoms with Crippen LogP contribution in [0.3, 0.4) is 0 Å². The summed E-state index contributed by atoms with van der Waals surface area (Å²) < 4.78 is 42.6. The fourth-order valence-electron chi connectivity index (χ4n) is 8.53. The second kappa shape index (κ2) is 39.3. The number of piperidine rings is 1. The minimum Gasteiger partial charge on any atom is -0.480 e. The SMILES string of the molecule is CC.Cc1cc(F)cc(-c2cnc(NCCNC(=O)CCOCCOCCOCCOCCOCCNC(=O)CNCCN(CCN(CCNCC(=O)O)CC(=O)O)CC(=O)O)c(-c3nc4ccc(Cl)cc4[nH]3)c2N2CCC(N)CC2)c1. The van der Waals surface area contributed by atoms with Crippen LogP contribution in [0.5, 0.6) is 0 Å². The average molecular weight is 1180 g/mol. The van der Waals surface area contributed by atoms with Crippen LogP contribution in [0.1, 0.15) is 38.7 Å². The van der Waals surface area contributed by atoms with Gasteiger partial charge < -0.3 is 81.2 Å². The zero-order valence-corrected chi connectivity index (χ0v) is 48.2. The lowest BCUT2D eigenvalue weighted by Crippen LogP contribution is -2.45. The van der Waals surface area contributed by atoms with Crippen molar-refractivity contribution in [3.8, 4) is 22.5 Å². The van der Waals surface area contributed by atoms with Crippen LogP contribution in [0.15, 0.2) is 42.6 Å². The molecule has 5 rings (SSSR count). The zero-order chi connectivity index (χ0) is 59.5. The summed E-state index contributed by atoms with van der Waals surface area (Å²) in [6, 6.07) is 10.5. The molecule has 25 nitrogen and oxygen atoms in total. The molecule has 0 radical (unpaired) electrons. The van der Waals surface area contributed by atoms with Gasteiger partial charge in [-0.1, -0.05) is 31.5 Å². The number of rotatable bonds is 42. The number of anilines is 2. The lowest BCUT2D eigenvalue weighted by Gasteiger charge is -2.35. The van der Waals surface area contributed by atoms with Crippen molar-refractivity contribution in [3.05, 3.63) is 59.0 Å². The highest BCUT2D eigenvalue weighted by Crippen LogP contribution is 2.44. The Morgan fingerprint density at radius 2 is 1.29 bits per heavy atom. The van der Waals surface area contributed by atoms with Crippen LogP contribution in [0, 0.1) is 12.7 Å². The number of nitrogens with zero attached hydrogens (tertiary/aromatic N) is 5. The van der Waals surface area contributed by atoms with Crippen molar-refractivity contribution in [2.45, 2.75) is 46.1 Å². The fraction of sp³-hybridized carbons (Fsp3) is 0.582. The number of ether oxygens (including phenoxy) is 5. The monoisotopic (exact) mass is 1170 g/mol. The van der Waals surface area contributed by atoms with Gasteiger partial charge in [-0.15, -0.1) is 0 Å². The van der Waals surface area contributed by atoms with Crippen molar-refractivity contribution in [1.82, 2.24) is 46.0 Å². The Labute approximate surface area is 483 Å². The number of carbonyl (C=O) groups excluding carboxylic acids is 2. The third kappa shape index (κ3) is 26.8. The molecule has 456 valence electrons. The van der Waals surface area contributed by atoms with Crippen molar-refractivity contribution < 1.29 is 67.4 Å². The molecule has 1 fully saturated rings. The van der Waals surface area contributed by atoms with Crippen molar-refractivity contribution in [3.63, 3.8) is 0 Å². The van der Waals surface area contributed by atoms with E-state index in [1.807, 2.05) is 39.0 Å². The van der Waals surface area contributed by atoms with Gasteiger partial charge >= 0.3 is 17.9 Å². The maximum absolute atomic E-state index is 14.9. The van der Waals surface area contributed by atoms with Crippen LogP contribution in [-0.4, -0.2) is 240 Å². The van der Waals surface area contributed by atoms with Crippen molar-refractivity contribution in [2.24, 2.45) is 5.73 Å². The maximum Gasteiger partial charge on any atom is 0.317 e. The molecular weight excluding hydrogens is 1090 g/mol. The van der Waals surface area contributed by atoms with Gasteiger partial charge in [0.05, 0.1) is 115 Å². The number of aromatic nitrogens is 3. The number of nitrogens with one attached hydrogen (secondary N) is 6. The van der Waals surface area contributed by atoms with Gasteiger partial charge in [-0.2, -0.15) is 0 Å². The van der Waals surface area contributed by atoms with Crippen molar-refractivity contribution in [1.29, 1.82) is 0 Å². The summed E-state index contributed by atoms with van der Waals surface area (Å²) in [7, 11) is 0. The molecule has 82 heavy (non-hydrogen) atoms. The van der Waals surface area contributed by atoms with E-state index in [9.17, 15) is 38.6 Å². The number of aryl methyl sites for hydroxylation is 1. The number of pyridine rings is 1. The molecular formula is C55H84ClFN12O13. The minimum atomic E-state index is -1.06. The number of hydrogen-bond donors (Lipinski definition) is 10. The molecule has 0 bridgehead atoms. The lowest BCUT2D eigenvalue weighted by atomic mass is 9.96. The molecule has 4 aromatic rings. The number of amides is 2. The molecule has 1 saturated heterocycles. The van der Waals surface area contributed by atoms with Gasteiger partial charge in [0, 0.05) is 101 Å². The summed E-state index contributed by atoms with van der Waals surface area (Å²) >= 11 is 6.35. The number of carboxylic acids is 3. The van der Waals surface area contributed by atoms with Gasteiger partial charge in [-0.25, -0.2) is 14.4 Å². The number of nitrogens with two attached hydrogens (primary N) is 1. The first-order valence-electron chi connectivity index (χ1n) is 27.8. The molecule has 0 saturated carbocycles. The van der Waals surface area contributed by atoms with E-state index in [4.69, 9.17) is 56.1 Å². The number of aliphatic carboxylic acids is 3. The second-order valence-electron chi connectivity index (χ2n) is 18.9. The first kappa shape index (κ1) is 68.3. The van der Waals surface area contributed by atoms with Gasteiger partial charge in [-0.05, 0) is 61.2 Å². The van der Waals surface area contributed by atoms with Gasteiger partial charge in [0.1, 0.15) is 17.5 Å². The molecule has 1 aliphatic rings. The Balaban J connectivity index is 0.00000714. The van der Waals surface area contributed by atoms with E-state index in [1.54, 1.807) is 22.1 Å². The molecule has 0 unspecified atom stereocenters. The normalized spacial score (nSPS) is 12.7. The number of carbonyl (C=O) groups is 5. The third-order valence-electron chi connectivity index (χ3n) is 12.4. The molecule has 2 aromatic heterocycles. The summed E-state index contributed by atoms with van der Waals surface area (Å²) in [5, 5.41) is 42.6. The molecule has 2 aromatic carbocycles. The van der Waals surface area contributed by atoms with E-state index >= 15 is 0 Å². The minimum absolute atomic E-state index is 0.00707. The third-order valence-corrected chi connectivity index (χ3v) is 12.7. The van der Waals surface area contributed by atoms with Crippen molar-refractivity contribution >= 4 is 63.9 Å². The first-order valence-corrected chi connectivity index (χ1v) is 28.2. The van der Waals surface area contributed by atoms with Crippen LogP contribution < -0.4 is 37.2 Å². The number of H-pyrrole nitrogens is 1. The Morgan fingerprint density at radius 1 is 0.720 bits per heavy atom. The summed E-state index contributed by atoms with van der Waals surface area (Å²) in [5.41, 5.74) is 11.6. The van der Waals surface area contributed by atoms with Crippen LogP contribution in [0.25, 0.3) is 33.5 Å². The van der Waals surface area contributed by atoms with Gasteiger partial charge in [-0.3, -0.25) is 33.8 Å². The second-order valence-corrected chi connectivity index (χ2v) is 19.3. The van der Waals surface area contributed by atoms with Crippen molar-refractivity contribution in [2.75, 3.05) is 174 Å². The van der Waals surface area contributed by atoms with E-state index in [2.05, 4.69) is 36.5 Å². The highest BCUT2D eigenvalue weighted by atomic mass is 35.5. The summed E-state index contributed by atoms with van der Waals surface area (Å²) in [4.78, 5) is 77.0. The number of benzene rings is 2. The Bertz CT molecular complexity index is 2540. The fourth-order valence-corrected chi connectivity index (χ4v) is 8.71. The zero-order valence-electron chi connectivity index (χ0n) is 47.4. The number of aromatic amines is 1. The molecule has 1 aliphatic heterocycles. The molecule has 0 atom stereocenters. The number of halogens is 2. The van der Waals surface area contributed by atoms with Gasteiger partial charge in [0.2, 0.25) is 11.8 Å². The predicted molar refractivity (Wildman–Crippen MR) is 310 cm³/mol. The smallest absolute Gasteiger partial charge is 0.317 e. The largest absolute Gasteiger partial charge is 0.480 e. The standard InChI is InChI=1S/C53H78ClFN12O13.C2H6/c1-37-28-38(30-40(55)29-37)42-32-62-52(50(51(42)67-12-4-41(56)5-13-67)53-63-43-3-2-39(54)31-44(43)64-53)61-8-7-59-45(68)6-18-76-20-22-78-24-26-80-27-25-79-23-21-77-19-11-60-46(69)33-57-9-14-65(35-48(72)73)16-17-66(36-49(74)75)15-10-58-34-47(70)71;1-2/h2-3,28-32,41,57-58H,4-27,33-36,56H2,1H3,(H,59,68)(H,60,69)(H,61,62)(H,63,64)(H,70,71)(H,72,73)(H,74,75);1-2H3. The highest BCUT2D eigenvalue weighted by molar-refractivity contribution is 6.31. The topological polar surface area (TPSA) is 330 Å². The van der Waals surface area contributed by atoms with Crippen LogP contribution in [0.2, 0.25) is 5.02 Å². The molecule has 2 amide bonds. The Kier molecular flexibility index (Phi) is 32.8. The maximum atomic E-state index is 14.9. The molecule has 27 heteroatoms. The van der Waals surface area contributed by atoms with Gasteiger partial charge in [0.25, 0.3) is 0 Å². The van der Waals surface area contributed by atoms with Gasteiger partial charge in [0.15, 0.2) is 0 Å². The quantitative estimate of drug-likeness (QED) is 0.0285. The Hall–Kier alpha value is -6.17. The highest BCUT2D eigenvalue weighted by Gasteiger charge is 2.28. The van der Waals surface area contributed by atoms with Crippen LogP contribution >= 0.6 is 11.6 Å². The predicted octanol–water partition coefficient (Wildman–Crippen LogP) is 2.50. The first-order chi connectivity index (χ1) is 39.6. The van der Waals surface area contributed by atoms with E-state index in [0.717, 1.165) is 40.7 Å². The molecule has 11 N–H and O–H groups in total. The summed E-state index contributed by atoms with van der Waals surface area (Å²) in [6.45, 7) is 12.3. The van der Waals surface area contributed by atoms with E-state index in [-0.39, 0.29) is 102 Å². The Morgan fingerprint density at radius 3 is 1.88 bits per heavy atom. The van der Waals surface area contributed by atoms with E-state index in [0.29, 0.717) is 120 Å². The lowest BCUT2D eigenvalue weighted by molar-refractivity contribution is -0.140. The summed E-state index contributed by atoms with van der Waals surface area (Å²) in [6.07, 6.45) is 3.49. The van der Waals surface area contributed by atoms with Crippen LogP contribution in [-0.2, 0) is 47.7 Å². The number of imidazole rings is 1. The number of fused-ring (bicyclic) bond motifs is 1. The van der Waals surface area contributed by atoms with E-state index < -0.39 is 17.9 Å².